The maximum atomic E-state index is 4.72. The van der Waals surface area contributed by atoms with Crippen LogP contribution in [0.4, 0.5) is 5.69 Å². The number of hydrogen-bond donors (Lipinski definition) is 0. The minimum Gasteiger partial charge on any atom is -0.256 e. The van der Waals surface area contributed by atoms with Crippen molar-refractivity contribution < 1.29 is 0 Å². The van der Waals surface area contributed by atoms with E-state index in [-0.39, 0.29) is 0 Å². The van der Waals surface area contributed by atoms with Crippen LogP contribution in [0.2, 0.25) is 0 Å². The van der Waals surface area contributed by atoms with Crippen LogP contribution in [-0.4, -0.2) is 6.21 Å². The van der Waals surface area contributed by atoms with Gasteiger partial charge >= 0.3 is 0 Å². The predicted octanol–water partition coefficient (Wildman–Crippen LogP) is 8.43. The van der Waals surface area contributed by atoms with Crippen LogP contribution >= 0.6 is 0 Å². The smallest absolute Gasteiger partial charge is 0.0694 e. The molecular weight excluding hydrogens is 338 g/mol. The lowest BCUT2D eigenvalue weighted by Crippen LogP contribution is -2.02. The van der Waals surface area contributed by atoms with E-state index in [0.29, 0.717) is 5.92 Å². The second-order valence-corrected chi connectivity index (χ2v) is 7.50. The second-order valence-electron chi connectivity index (χ2n) is 7.50. The van der Waals surface area contributed by atoms with E-state index in [0.717, 1.165) is 18.5 Å². The molecule has 0 atom stereocenters. The van der Waals surface area contributed by atoms with Crippen LogP contribution < -0.4 is 0 Å². The van der Waals surface area contributed by atoms with E-state index < -0.39 is 0 Å². The van der Waals surface area contributed by atoms with Crippen LogP contribution in [0, 0.1) is 19.8 Å². The molecule has 0 aliphatic rings. The highest BCUT2D eigenvalue weighted by atomic mass is 14.7. The summed E-state index contributed by atoms with van der Waals surface area (Å²) in [5.74, 6) is 0.668. The number of rotatable bonds is 7. The first-order chi connectivity index (χ1) is 13.5. The van der Waals surface area contributed by atoms with Gasteiger partial charge < -0.3 is 0 Å². The average Bonchev–Trinajstić information content (AvgIpc) is 2.67. The van der Waals surface area contributed by atoms with E-state index in [1.165, 1.54) is 39.8 Å². The van der Waals surface area contributed by atoms with Crippen molar-refractivity contribution in [3.05, 3.63) is 64.7 Å². The third-order valence-electron chi connectivity index (χ3n) is 4.81. The Bertz CT molecular complexity index is 794. The second kappa shape index (κ2) is 12.3. The molecule has 1 nitrogen and oxygen atoms in total. The van der Waals surface area contributed by atoms with Crippen LogP contribution in [-0.2, 0) is 12.8 Å². The monoisotopic (exact) mass is 377 g/mol. The van der Waals surface area contributed by atoms with Crippen molar-refractivity contribution >= 4 is 11.9 Å². The fourth-order valence-electron chi connectivity index (χ4n) is 3.59. The van der Waals surface area contributed by atoms with Gasteiger partial charge in [-0.3, -0.25) is 4.99 Å². The first-order valence-electron chi connectivity index (χ1n) is 10.9. The van der Waals surface area contributed by atoms with E-state index in [9.17, 15) is 0 Å². The summed E-state index contributed by atoms with van der Waals surface area (Å²) in [4.78, 5) is 4.72. The Morgan fingerprint density at radius 3 is 2.32 bits per heavy atom. The highest BCUT2D eigenvalue weighted by Gasteiger charge is 2.14. The van der Waals surface area contributed by atoms with Crippen LogP contribution in [0.15, 0.2) is 47.5 Å². The van der Waals surface area contributed by atoms with Gasteiger partial charge in [0.1, 0.15) is 0 Å². The molecule has 2 aromatic rings. The SMILES string of the molecule is C/C=C\C=Nc1c(C)ccc(-c2cccc(CC(C)C)c2CCC)c1C.CC. The van der Waals surface area contributed by atoms with Gasteiger partial charge in [-0.1, -0.05) is 77.4 Å². The van der Waals surface area contributed by atoms with E-state index >= 15 is 0 Å². The minimum atomic E-state index is 0.668. The molecule has 0 aliphatic carbocycles. The zero-order valence-electron chi connectivity index (χ0n) is 19.3. The molecule has 28 heavy (non-hydrogen) atoms. The Labute approximate surface area is 173 Å². The molecule has 152 valence electrons. The lowest BCUT2D eigenvalue weighted by atomic mass is 9.87. The van der Waals surface area contributed by atoms with Crippen molar-refractivity contribution in [2.24, 2.45) is 10.9 Å². The summed E-state index contributed by atoms with van der Waals surface area (Å²) >= 11 is 0. The molecule has 0 saturated heterocycles. The molecule has 0 amide bonds. The number of nitrogens with zero attached hydrogens (tertiary/aromatic N) is 1. The van der Waals surface area contributed by atoms with Crippen molar-refractivity contribution in [1.82, 2.24) is 0 Å². The largest absolute Gasteiger partial charge is 0.256 e. The fourth-order valence-corrected chi connectivity index (χ4v) is 3.59. The van der Waals surface area contributed by atoms with Gasteiger partial charge in [-0.15, -0.1) is 0 Å². The van der Waals surface area contributed by atoms with E-state index in [1.807, 2.05) is 39.1 Å². The quantitative estimate of drug-likeness (QED) is 0.429. The van der Waals surface area contributed by atoms with E-state index in [4.69, 9.17) is 4.99 Å². The zero-order valence-corrected chi connectivity index (χ0v) is 19.3. The lowest BCUT2D eigenvalue weighted by Gasteiger charge is -2.19. The van der Waals surface area contributed by atoms with Crippen LogP contribution in [0.1, 0.15) is 70.2 Å². The summed E-state index contributed by atoms with van der Waals surface area (Å²) in [6.07, 6.45) is 9.31. The highest BCUT2D eigenvalue weighted by Crippen LogP contribution is 2.36. The molecule has 0 radical (unpaired) electrons. The molecule has 0 heterocycles. The number of aliphatic imine (C=N–C) groups is 1. The average molecular weight is 378 g/mol. The van der Waals surface area contributed by atoms with Gasteiger partial charge in [0, 0.05) is 6.21 Å². The van der Waals surface area contributed by atoms with Crippen molar-refractivity contribution in [3.63, 3.8) is 0 Å². The zero-order chi connectivity index (χ0) is 21.1. The Balaban J connectivity index is 0.00000190. The third-order valence-corrected chi connectivity index (χ3v) is 4.81. The Morgan fingerprint density at radius 1 is 1.00 bits per heavy atom. The van der Waals surface area contributed by atoms with Gasteiger partial charge in [0.2, 0.25) is 0 Å². The van der Waals surface area contributed by atoms with Crippen molar-refractivity contribution in [2.75, 3.05) is 0 Å². The number of allylic oxidation sites excluding steroid dienone is 2. The summed E-state index contributed by atoms with van der Waals surface area (Å²) in [5.41, 5.74) is 9.30. The van der Waals surface area contributed by atoms with E-state index in [2.05, 4.69) is 65.0 Å². The maximum Gasteiger partial charge on any atom is 0.0694 e. The molecule has 1 heteroatoms. The van der Waals surface area contributed by atoms with Crippen LogP contribution in [0.25, 0.3) is 11.1 Å². The van der Waals surface area contributed by atoms with Crippen molar-refractivity contribution in [3.8, 4) is 11.1 Å². The predicted molar refractivity (Wildman–Crippen MR) is 128 cm³/mol. The maximum absolute atomic E-state index is 4.72. The summed E-state index contributed by atoms with van der Waals surface area (Å²) in [6.45, 7) is 17.2. The summed E-state index contributed by atoms with van der Waals surface area (Å²) in [5, 5.41) is 0. The first-order valence-corrected chi connectivity index (χ1v) is 10.9. The standard InChI is InChI=1S/C25H33N.C2H6/c1-7-9-16-26-25-19(5)14-15-22(20(25)6)24-13-10-12-21(17-18(3)4)23(24)11-8-2;1-2/h7,9-10,12-16,18H,8,11,17H2,1-6H3;1-2H3/b9-7-,26-16?;. The molecule has 0 fully saturated rings. The van der Waals surface area contributed by atoms with Crippen LogP contribution in [0.3, 0.4) is 0 Å². The molecule has 0 aromatic heterocycles. The molecule has 0 saturated carbocycles. The highest BCUT2D eigenvalue weighted by molar-refractivity contribution is 5.81. The molecule has 0 spiro atoms. The molecule has 0 unspecified atom stereocenters. The van der Waals surface area contributed by atoms with Gasteiger partial charge in [0.05, 0.1) is 5.69 Å². The summed E-state index contributed by atoms with van der Waals surface area (Å²) < 4.78 is 0. The summed E-state index contributed by atoms with van der Waals surface area (Å²) in [7, 11) is 0. The lowest BCUT2D eigenvalue weighted by molar-refractivity contribution is 0.642. The van der Waals surface area contributed by atoms with Crippen molar-refractivity contribution in [2.45, 2.75) is 74.7 Å². The van der Waals surface area contributed by atoms with Gasteiger partial charge in [0.15, 0.2) is 0 Å². The van der Waals surface area contributed by atoms with Gasteiger partial charge in [-0.2, -0.15) is 0 Å². The fraction of sp³-hybridized carbons (Fsp3) is 0.444. The van der Waals surface area contributed by atoms with Crippen LogP contribution in [0.5, 0.6) is 0 Å². The van der Waals surface area contributed by atoms with Gasteiger partial charge in [-0.25, -0.2) is 0 Å². The normalized spacial score (nSPS) is 11.3. The Morgan fingerprint density at radius 2 is 1.71 bits per heavy atom. The molecule has 2 rings (SSSR count). The number of aryl methyl sites for hydroxylation is 1. The van der Waals surface area contributed by atoms with E-state index in [1.54, 1.807) is 0 Å². The van der Waals surface area contributed by atoms with Gasteiger partial charge in [-0.05, 0) is 79.0 Å². The topological polar surface area (TPSA) is 12.4 Å². The number of hydrogen-bond acceptors (Lipinski definition) is 1. The molecular formula is C27H39N. The molecule has 2 aromatic carbocycles. The van der Waals surface area contributed by atoms with Gasteiger partial charge in [0.25, 0.3) is 0 Å². The first kappa shape index (κ1) is 23.9. The Hall–Kier alpha value is -2.15. The molecule has 0 N–H and O–H groups in total. The Kier molecular flexibility index (Phi) is 10.5. The molecule has 0 bridgehead atoms. The third kappa shape index (κ3) is 6.19. The summed E-state index contributed by atoms with van der Waals surface area (Å²) in [6, 6.07) is 11.3. The minimum absolute atomic E-state index is 0.668. The molecule has 0 aliphatic heterocycles. The number of benzene rings is 2. The van der Waals surface area contributed by atoms with Crippen molar-refractivity contribution in [1.29, 1.82) is 0 Å².